The summed E-state index contributed by atoms with van der Waals surface area (Å²) in [5.41, 5.74) is 4.89. The summed E-state index contributed by atoms with van der Waals surface area (Å²) in [5, 5.41) is 10.6. The lowest BCUT2D eigenvalue weighted by Crippen LogP contribution is -2.61. The van der Waals surface area contributed by atoms with E-state index in [1.54, 1.807) is 32.0 Å². The molecule has 1 aliphatic rings. The van der Waals surface area contributed by atoms with Gasteiger partial charge in [0.05, 0.1) is 10.9 Å². The molecule has 5 N–H and O–H groups in total. The molecule has 0 bridgehead atoms. The summed E-state index contributed by atoms with van der Waals surface area (Å²) in [7, 11) is -0.203. The van der Waals surface area contributed by atoms with Crippen molar-refractivity contribution in [1.29, 1.82) is 0 Å². The Morgan fingerprint density at radius 3 is 2.13 bits per heavy atom. The molecular formula is C23H36N3O4S+. The van der Waals surface area contributed by atoms with Crippen LogP contribution in [0.15, 0.2) is 41.3 Å². The lowest BCUT2D eigenvalue weighted by Gasteiger charge is -2.20. The Hall–Kier alpha value is -2.16. The van der Waals surface area contributed by atoms with Gasteiger partial charge < -0.3 is 15.7 Å². The van der Waals surface area contributed by atoms with Crippen LogP contribution < -0.4 is 15.4 Å². The van der Waals surface area contributed by atoms with Gasteiger partial charge in [0.1, 0.15) is 6.04 Å². The first-order valence-electron chi connectivity index (χ1n) is 10.8. The van der Waals surface area contributed by atoms with E-state index in [9.17, 15) is 18.3 Å². The minimum Gasteiger partial charge on any atom is -0.480 e. The Morgan fingerprint density at radius 1 is 1.06 bits per heavy atom. The summed E-state index contributed by atoms with van der Waals surface area (Å²) < 4.78 is 27.8. The van der Waals surface area contributed by atoms with Crippen molar-refractivity contribution in [3.05, 3.63) is 36.4 Å². The standard InChI is InChI=1S/C17H22N2O4S.C6H13N/c1-11(2)16(17(20)21)18-24(22,23)15-10-6-7-12-13(15)8-5-9-14(12)19(3)4;7-6-4-2-1-3-5-6/h5-11,16,18H,1-4H3,(H,20,21);6H,1-5,7H2/p+1/t16-;/m0./s1. The van der Waals surface area contributed by atoms with Gasteiger partial charge in [-0.25, -0.2) is 8.42 Å². The number of carboxylic acids is 1. The summed E-state index contributed by atoms with van der Waals surface area (Å²) in [5.74, 6) is -1.56. The predicted molar refractivity (Wildman–Crippen MR) is 125 cm³/mol. The van der Waals surface area contributed by atoms with Crippen molar-refractivity contribution in [2.45, 2.75) is 62.9 Å². The monoisotopic (exact) mass is 450 g/mol. The largest absolute Gasteiger partial charge is 0.480 e. The maximum Gasteiger partial charge on any atom is 0.322 e. The molecule has 8 heteroatoms. The number of nitrogens with one attached hydrogen (secondary N) is 1. The third-order valence-corrected chi connectivity index (χ3v) is 7.07. The highest BCUT2D eigenvalue weighted by molar-refractivity contribution is 7.89. The van der Waals surface area contributed by atoms with Gasteiger partial charge in [-0.15, -0.1) is 0 Å². The van der Waals surface area contributed by atoms with Crippen LogP contribution >= 0.6 is 0 Å². The second kappa shape index (κ2) is 10.9. The van der Waals surface area contributed by atoms with Crippen LogP contribution in [0.25, 0.3) is 10.8 Å². The van der Waals surface area contributed by atoms with Gasteiger partial charge in [0.25, 0.3) is 0 Å². The van der Waals surface area contributed by atoms with Crippen LogP contribution in [-0.2, 0) is 14.8 Å². The molecule has 1 aliphatic carbocycles. The third-order valence-electron chi connectivity index (χ3n) is 5.57. The molecular weight excluding hydrogens is 414 g/mol. The molecule has 2 aromatic carbocycles. The van der Waals surface area contributed by atoms with Crippen molar-refractivity contribution in [2.24, 2.45) is 5.92 Å². The van der Waals surface area contributed by atoms with E-state index in [0.29, 0.717) is 5.39 Å². The van der Waals surface area contributed by atoms with E-state index in [-0.39, 0.29) is 10.8 Å². The van der Waals surface area contributed by atoms with Gasteiger partial charge in [-0.2, -0.15) is 4.72 Å². The molecule has 1 saturated carbocycles. The number of fused-ring (bicyclic) bond motifs is 1. The molecule has 0 aromatic heterocycles. The number of hydrogen-bond donors (Lipinski definition) is 3. The van der Waals surface area contributed by atoms with Crippen molar-refractivity contribution in [1.82, 2.24) is 4.72 Å². The van der Waals surface area contributed by atoms with Crippen LogP contribution in [0, 0.1) is 5.92 Å². The first-order valence-corrected chi connectivity index (χ1v) is 12.3. The van der Waals surface area contributed by atoms with E-state index in [1.807, 2.05) is 31.1 Å². The summed E-state index contributed by atoms with van der Waals surface area (Å²) in [6.07, 6.45) is 7.05. The molecule has 7 nitrogen and oxygen atoms in total. The Kier molecular flexibility index (Phi) is 8.85. The molecule has 0 spiro atoms. The molecule has 0 heterocycles. The number of sulfonamides is 1. The maximum atomic E-state index is 12.8. The minimum atomic E-state index is -3.97. The van der Waals surface area contributed by atoms with Crippen molar-refractivity contribution in [3.63, 3.8) is 0 Å². The second-order valence-electron chi connectivity index (χ2n) is 8.71. The van der Waals surface area contributed by atoms with Gasteiger partial charge in [-0.05, 0) is 43.7 Å². The van der Waals surface area contributed by atoms with E-state index in [0.717, 1.165) is 17.1 Å². The maximum absolute atomic E-state index is 12.8. The number of quaternary nitrogens is 1. The number of carboxylic acid groups (broad SMARTS) is 1. The number of hydrogen-bond acceptors (Lipinski definition) is 4. The second-order valence-corrected chi connectivity index (χ2v) is 10.4. The van der Waals surface area contributed by atoms with Gasteiger partial charge in [-0.3, -0.25) is 4.79 Å². The van der Waals surface area contributed by atoms with Crippen LogP contribution in [0.3, 0.4) is 0 Å². The van der Waals surface area contributed by atoms with Crippen molar-refractivity contribution >= 4 is 32.5 Å². The summed E-state index contributed by atoms with van der Waals surface area (Å²) in [6.45, 7) is 3.32. The highest BCUT2D eigenvalue weighted by Gasteiger charge is 2.29. The average Bonchev–Trinajstić information content (AvgIpc) is 2.71. The van der Waals surface area contributed by atoms with Crippen molar-refractivity contribution in [2.75, 3.05) is 19.0 Å². The Labute approximate surface area is 185 Å². The third kappa shape index (κ3) is 6.66. The smallest absolute Gasteiger partial charge is 0.322 e. The number of aliphatic carboxylic acids is 1. The van der Waals surface area contributed by atoms with Gasteiger partial charge in [0, 0.05) is 30.6 Å². The molecule has 0 radical (unpaired) electrons. The molecule has 0 aliphatic heterocycles. The summed E-state index contributed by atoms with van der Waals surface area (Å²) >= 11 is 0. The SMILES string of the molecule is CC(C)[C@H](NS(=O)(=O)c1cccc2c(N(C)C)cccc12)C(=O)O.[NH3+]C1CCCCC1. The number of rotatable bonds is 6. The molecule has 0 saturated heterocycles. The number of benzene rings is 2. The number of carbonyl (C=O) groups is 1. The van der Waals surface area contributed by atoms with Crippen LogP contribution in [-0.4, -0.2) is 45.7 Å². The summed E-state index contributed by atoms with van der Waals surface area (Å²) in [4.78, 5) is 13.3. The van der Waals surface area contributed by atoms with Crippen LogP contribution in [0.1, 0.15) is 46.0 Å². The molecule has 1 atom stereocenters. The van der Waals surface area contributed by atoms with Crippen LogP contribution in [0.4, 0.5) is 5.69 Å². The van der Waals surface area contributed by atoms with E-state index in [1.165, 1.54) is 38.2 Å². The van der Waals surface area contributed by atoms with Gasteiger partial charge in [0.2, 0.25) is 10.0 Å². The topological polar surface area (TPSA) is 114 Å². The van der Waals surface area contributed by atoms with E-state index >= 15 is 0 Å². The van der Waals surface area contributed by atoms with Crippen molar-refractivity contribution < 1.29 is 24.1 Å². The molecule has 172 valence electrons. The Morgan fingerprint density at radius 2 is 1.65 bits per heavy atom. The quantitative estimate of drug-likeness (QED) is 0.626. The molecule has 0 amide bonds. The fourth-order valence-electron chi connectivity index (χ4n) is 3.78. The lowest BCUT2D eigenvalue weighted by atomic mass is 9.97. The first-order chi connectivity index (χ1) is 14.5. The van der Waals surface area contributed by atoms with Crippen LogP contribution in [0.5, 0.6) is 0 Å². The zero-order valence-corrected chi connectivity index (χ0v) is 19.8. The van der Waals surface area contributed by atoms with Crippen molar-refractivity contribution in [3.8, 4) is 0 Å². The zero-order chi connectivity index (χ0) is 23.2. The van der Waals surface area contributed by atoms with E-state index < -0.39 is 22.0 Å². The fraction of sp³-hybridized carbons (Fsp3) is 0.522. The Bertz CT molecular complexity index is 983. The van der Waals surface area contributed by atoms with Crippen LogP contribution in [0.2, 0.25) is 0 Å². The Balaban J connectivity index is 0.000000412. The minimum absolute atomic E-state index is 0.0793. The lowest BCUT2D eigenvalue weighted by molar-refractivity contribution is -0.425. The van der Waals surface area contributed by atoms with Gasteiger partial charge in [0.15, 0.2) is 0 Å². The molecule has 3 rings (SSSR count). The summed E-state index contributed by atoms with van der Waals surface area (Å²) in [6, 6.07) is 10.0. The average molecular weight is 451 g/mol. The molecule has 0 unspecified atom stereocenters. The predicted octanol–water partition coefficient (Wildman–Crippen LogP) is 2.85. The van der Waals surface area contributed by atoms with E-state index in [4.69, 9.17) is 0 Å². The fourth-order valence-corrected chi connectivity index (χ4v) is 5.34. The zero-order valence-electron chi connectivity index (χ0n) is 19.0. The number of nitrogens with zero attached hydrogens (tertiary/aromatic N) is 1. The van der Waals surface area contributed by atoms with E-state index in [2.05, 4.69) is 10.5 Å². The first kappa shape index (κ1) is 25.1. The van der Waals surface area contributed by atoms with Gasteiger partial charge >= 0.3 is 5.97 Å². The number of anilines is 1. The molecule has 1 fully saturated rings. The molecule has 2 aromatic rings. The highest BCUT2D eigenvalue weighted by Crippen LogP contribution is 2.30. The normalized spacial score (nSPS) is 15.9. The van der Waals surface area contributed by atoms with Gasteiger partial charge in [-0.1, -0.05) is 44.5 Å². The molecule has 31 heavy (non-hydrogen) atoms. The highest BCUT2D eigenvalue weighted by atomic mass is 32.2.